The van der Waals surface area contributed by atoms with Crippen molar-refractivity contribution in [2.75, 3.05) is 20.2 Å². The normalized spacial score (nSPS) is 12.3. The highest BCUT2D eigenvalue weighted by atomic mass is 35.5. The summed E-state index contributed by atoms with van der Waals surface area (Å²) in [4.78, 5) is 23.2. The van der Waals surface area contributed by atoms with Crippen LogP contribution in [0.5, 0.6) is 0 Å². The Morgan fingerprint density at radius 3 is 2.43 bits per heavy atom. The van der Waals surface area contributed by atoms with Crippen molar-refractivity contribution in [3.8, 4) is 0 Å². The van der Waals surface area contributed by atoms with Gasteiger partial charge in [-0.2, -0.15) is 4.31 Å². The Hall–Kier alpha value is -1.16. The summed E-state index contributed by atoms with van der Waals surface area (Å²) in [6.45, 7) is 4.41. The lowest BCUT2D eigenvalue weighted by Gasteiger charge is -2.20. The molecular weight excluding hydrogens is 364 g/mol. The summed E-state index contributed by atoms with van der Waals surface area (Å²) in [7, 11) is -2.57. The molecule has 1 aromatic rings. The van der Waals surface area contributed by atoms with E-state index in [2.05, 4.69) is 5.32 Å². The van der Waals surface area contributed by atoms with Gasteiger partial charge in [-0.05, 0) is 32.9 Å². The average molecular weight is 383 g/mol. The first kappa shape index (κ1) is 19.9. The third-order valence-corrected chi connectivity index (χ3v) is 5.95. The molecule has 1 rings (SSSR count). The van der Waals surface area contributed by atoms with E-state index in [-0.39, 0.29) is 4.21 Å². The second-order valence-corrected chi connectivity index (χ2v) is 9.77. The number of thiophene rings is 1. The predicted molar refractivity (Wildman–Crippen MR) is 88.0 cm³/mol. The number of hydrogen-bond donors (Lipinski definition) is 1. The zero-order valence-electron chi connectivity index (χ0n) is 13.3. The minimum atomic E-state index is -3.81. The molecule has 1 N–H and O–H groups in total. The summed E-state index contributed by atoms with van der Waals surface area (Å²) in [6, 6.07) is 2.82. The van der Waals surface area contributed by atoms with Gasteiger partial charge >= 0.3 is 5.97 Å². The summed E-state index contributed by atoms with van der Waals surface area (Å²) in [5.41, 5.74) is -0.442. The quantitative estimate of drug-likeness (QED) is 0.752. The predicted octanol–water partition coefficient (Wildman–Crippen LogP) is 1.48. The van der Waals surface area contributed by atoms with E-state index in [0.717, 1.165) is 15.6 Å². The molecule has 0 aliphatic carbocycles. The first-order chi connectivity index (χ1) is 10.4. The van der Waals surface area contributed by atoms with Crippen molar-refractivity contribution >= 4 is 44.8 Å². The monoisotopic (exact) mass is 382 g/mol. The van der Waals surface area contributed by atoms with Crippen molar-refractivity contribution in [1.82, 2.24) is 9.62 Å². The largest absolute Gasteiger partial charge is 0.455 e. The summed E-state index contributed by atoms with van der Waals surface area (Å²) in [5.74, 6) is -1.27. The number of hydrogen-bond acceptors (Lipinski definition) is 6. The number of ether oxygens (including phenoxy) is 1. The van der Waals surface area contributed by atoms with E-state index in [1.807, 2.05) is 0 Å². The fourth-order valence-corrected chi connectivity index (χ4v) is 4.31. The first-order valence-electron chi connectivity index (χ1n) is 6.60. The van der Waals surface area contributed by atoms with Crippen LogP contribution in [0.1, 0.15) is 20.8 Å². The molecule has 0 spiro atoms. The minimum Gasteiger partial charge on any atom is -0.455 e. The van der Waals surface area contributed by atoms with E-state index in [0.29, 0.717) is 4.34 Å². The Labute approximate surface area is 144 Å². The minimum absolute atomic E-state index is 0.0308. The summed E-state index contributed by atoms with van der Waals surface area (Å²) in [6.07, 6.45) is 0. The van der Waals surface area contributed by atoms with Crippen molar-refractivity contribution in [1.29, 1.82) is 0 Å². The third-order valence-electron chi connectivity index (χ3n) is 2.44. The Kier molecular flexibility index (Phi) is 6.58. The molecule has 10 heteroatoms. The lowest BCUT2D eigenvalue weighted by atomic mass is 10.1. The number of sulfonamides is 1. The molecule has 0 saturated heterocycles. The molecule has 0 bridgehead atoms. The maximum atomic E-state index is 12.2. The molecule has 0 aromatic carbocycles. The van der Waals surface area contributed by atoms with Gasteiger partial charge in [-0.15, -0.1) is 11.3 Å². The second kappa shape index (κ2) is 7.61. The van der Waals surface area contributed by atoms with Gasteiger partial charge in [-0.1, -0.05) is 11.6 Å². The number of carbonyl (C=O) groups is 2. The van der Waals surface area contributed by atoms with Crippen LogP contribution in [0.25, 0.3) is 0 Å². The topological polar surface area (TPSA) is 92.8 Å². The van der Waals surface area contributed by atoms with Crippen LogP contribution < -0.4 is 5.32 Å². The van der Waals surface area contributed by atoms with E-state index < -0.39 is 40.6 Å². The first-order valence-corrected chi connectivity index (χ1v) is 9.23. The number of rotatable bonds is 6. The lowest BCUT2D eigenvalue weighted by molar-refractivity contribution is -0.148. The van der Waals surface area contributed by atoms with Crippen LogP contribution in [0.4, 0.5) is 0 Å². The Morgan fingerprint density at radius 1 is 1.35 bits per heavy atom. The molecule has 0 atom stereocenters. The Bertz CT molecular complexity index is 679. The van der Waals surface area contributed by atoms with Crippen LogP contribution in [0.3, 0.4) is 0 Å². The zero-order chi connectivity index (χ0) is 17.8. The molecule has 1 amide bonds. The van der Waals surface area contributed by atoms with E-state index in [1.54, 1.807) is 20.8 Å². The molecular formula is C13H19ClN2O5S2. The van der Waals surface area contributed by atoms with E-state index in [4.69, 9.17) is 16.3 Å². The van der Waals surface area contributed by atoms with Crippen molar-refractivity contribution in [3.05, 3.63) is 16.5 Å². The highest BCUT2D eigenvalue weighted by Gasteiger charge is 2.25. The molecule has 7 nitrogen and oxygen atoms in total. The summed E-state index contributed by atoms with van der Waals surface area (Å²) >= 11 is 6.61. The molecule has 0 saturated carbocycles. The average Bonchev–Trinajstić information content (AvgIpc) is 2.81. The molecule has 0 unspecified atom stereocenters. The number of esters is 1. The van der Waals surface area contributed by atoms with Gasteiger partial charge in [0.25, 0.3) is 15.9 Å². The maximum absolute atomic E-state index is 12.2. The van der Waals surface area contributed by atoms with Gasteiger partial charge in [0.15, 0.2) is 6.61 Å². The number of likely N-dealkylation sites (N-methyl/N-ethyl adjacent to an activating group) is 1. The molecule has 0 aliphatic rings. The van der Waals surface area contributed by atoms with Gasteiger partial charge in [-0.3, -0.25) is 9.59 Å². The van der Waals surface area contributed by atoms with Crippen LogP contribution in [0.2, 0.25) is 4.34 Å². The van der Waals surface area contributed by atoms with E-state index in [9.17, 15) is 18.0 Å². The fourth-order valence-electron chi connectivity index (χ4n) is 1.50. The SMILES string of the molecule is CN(CC(=O)OCC(=O)NC(C)(C)C)S(=O)(=O)c1ccc(Cl)s1. The van der Waals surface area contributed by atoms with Crippen molar-refractivity contribution < 1.29 is 22.7 Å². The highest BCUT2D eigenvalue weighted by molar-refractivity contribution is 7.91. The number of nitrogens with one attached hydrogen (secondary N) is 1. The van der Waals surface area contributed by atoms with Gasteiger partial charge in [0, 0.05) is 12.6 Å². The van der Waals surface area contributed by atoms with Crippen molar-refractivity contribution in [2.24, 2.45) is 0 Å². The van der Waals surface area contributed by atoms with E-state index in [1.165, 1.54) is 19.2 Å². The molecule has 0 radical (unpaired) electrons. The molecule has 1 heterocycles. The van der Waals surface area contributed by atoms with Gasteiger partial charge in [-0.25, -0.2) is 8.42 Å². The van der Waals surface area contributed by atoms with Gasteiger partial charge in [0.1, 0.15) is 10.8 Å². The van der Waals surface area contributed by atoms with Crippen LogP contribution in [0, 0.1) is 0 Å². The van der Waals surface area contributed by atoms with Gasteiger partial charge in [0.2, 0.25) is 0 Å². The van der Waals surface area contributed by atoms with Gasteiger partial charge < -0.3 is 10.1 Å². The maximum Gasteiger partial charge on any atom is 0.321 e. The Morgan fingerprint density at radius 2 is 1.96 bits per heavy atom. The third kappa shape index (κ3) is 6.46. The Balaban J connectivity index is 2.55. The van der Waals surface area contributed by atoms with Crippen molar-refractivity contribution in [2.45, 2.75) is 30.5 Å². The number of amides is 1. The molecule has 0 aliphatic heterocycles. The van der Waals surface area contributed by atoms with Crippen LogP contribution in [0.15, 0.2) is 16.3 Å². The highest BCUT2D eigenvalue weighted by Crippen LogP contribution is 2.27. The molecule has 1 aromatic heterocycles. The fraction of sp³-hybridized carbons (Fsp3) is 0.538. The standard InChI is InChI=1S/C13H19ClN2O5S2/c1-13(2,3)15-10(17)8-21-11(18)7-16(4)23(19,20)12-6-5-9(14)22-12/h5-6H,7-8H2,1-4H3,(H,15,17). The van der Waals surface area contributed by atoms with Gasteiger partial charge in [0.05, 0.1) is 4.34 Å². The number of nitrogens with zero attached hydrogens (tertiary/aromatic N) is 1. The molecule has 23 heavy (non-hydrogen) atoms. The van der Waals surface area contributed by atoms with Crippen LogP contribution in [-0.2, 0) is 24.3 Å². The van der Waals surface area contributed by atoms with Crippen LogP contribution >= 0.6 is 22.9 Å². The molecule has 130 valence electrons. The van der Waals surface area contributed by atoms with E-state index >= 15 is 0 Å². The van der Waals surface area contributed by atoms with Crippen LogP contribution in [-0.4, -0.2) is 50.3 Å². The summed E-state index contributed by atoms with van der Waals surface area (Å²) in [5, 5.41) is 2.63. The summed E-state index contributed by atoms with van der Waals surface area (Å²) < 4.78 is 30.4. The van der Waals surface area contributed by atoms with Crippen molar-refractivity contribution in [3.63, 3.8) is 0 Å². The lowest BCUT2D eigenvalue weighted by Crippen LogP contribution is -2.43. The second-order valence-electron chi connectivity index (χ2n) is 5.78. The zero-order valence-corrected chi connectivity index (χ0v) is 15.6. The molecule has 0 fully saturated rings. The smallest absolute Gasteiger partial charge is 0.321 e. The number of carbonyl (C=O) groups excluding carboxylic acids is 2. The number of halogens is 1.